The molecule has 0 saturated carbocycles. The number of amides is 1. The molecule has 2 rings (SSSR count). The number of aliphatic hydroxyl groups is 1. The minimum atomic E-state index is -3.48. The lowest BCUT2D eigenvalue weighted by Gasteiger charge is -2.29. The predicted octanol–water partition coefficient (Wildman–Crippen LogP) is 1.22. The summed E-state index contributed by atoms with van der Waals surface area (Å²) in [6.07, 6.45) is 2.25. The van der Waals surface area contributed by atoms with Gasteiger partial charge in [-0.15, -0.1) is 0 Å². The number of rotatable bonds is 6. The van der Waals surface area contributed by atoms with Crippen LogP contribution in [0.1, 0.15) is 36.5 Å². The van der Waals surface area contributed by atoms with Gasteiger partial charge in [0.2, 0.25) is 10.0 Å². The van der Waals surface area contributed by atoms with Crippen LogP contribution < -0.4 is 5.32 Å². The highest BCUT2D eigenvalue weighted by atomic mass is 32.2. The van der Waals surface area contributed by atoms with Gasteiger partial charge in [0.15, 0.2) is 0 Å². The number of nitrogens with zero attached hydrogens (tertiary/aromatic N) is 1. The number of sulfonamides is 1. The molecule has 1 heterocycles. The highest BCUT2D eigenvalue weighted by Crippen LogP contribution is 2.23. The third-order valence-corrected chi connectivity index (χ3v) is 6.03. The average Bonchev–Trinajstić information content (AvgIpc) is 2.55. The Morgan fingerprint density at radius 2 is 1.87 bits per heavy atom. The average molecular weight is 340 g/mol. The molecule has 6 nitrogen and oxygen atoms in total. The topological polar surface area (TPSA) is 86.7 Å². The van der Waals surface area contributed by atoms with E-state index in [4.69, 9.17) is 5.11 Å². The molecule has 0 spiro atoms. The van der Waals surface area contributed by atoms with Crippen molar-refractivity contribution in [2.24, 2.45) is 5.92 Å². The Morgan fingerprint density at radius 1 is 1.26 bits per heavy atom. The van der Waals surface area contributed by atoms with Crippen LogP contribution in [0.15, 0.2) is 29.2 Å². The van der Waals surface area contributed by atoms with Crippen molar-refractivity contribution in [1.82, 2.24) is 9.62 Å². The van der Waals surface area contributed by atoms with Crippen molar-refractivity contribution in [1.29, 1.82) is 0 Å². The van der Waals surface area contributed by atoms with Gasteiger partial charge in [0, 0.05) is 31.8 Å². The monoisotopic (exact) mass is 340 g/mol. The maximum Gasteiger partial charge on any atom is 0.251 e. The molecule has 0 bridgehead atoms. The van der Waals surface area contributed by atoms with Gasteiger partial charge in [0.25, 0.3) is 5.91 Å². The minimum absolute atomic E-state index is 0.0198. The molecule has 1 fully saturated rings. The number of aliphatic hydroxyl groups excluding tert-OH is 1. The second-order valence-electron chi connectivity index (χ2n) is 5.94. The van der Waals surface area contributed by atoms with Crippen molar-refractivity contribution in [3.8, 4) is 0 Å². The molecular weight excluding hydrogens is 316 g/mol. The van der Waals surface area contributed by atoms with E-state index in [-0.39, 0.29) is 17.4 Å². The van der Waals surface area contributed by atoms with E-state index in [2.05, 4.69) is 12.2 Å². The fourth-order valence-corrected chi connectivity index (χ4v) is 4.01. The normalized spacial score (nSPS) is 17.1. The quantitative estimate of drug-likeness (QED) is 0.762. The van der Waals surface area contributed by atoms with Crippen molar-refractivity contribution in [3.63, 3.8) is 0 Å². The van der Waals surface area contributed by atoms with E-state index in [0.717, 1.165) is 12.8 Å². The van der Waals surface area contributed by atoms with E-state index in [0.29, 0.717) is 37.5 Å². The van der Waals surface area contributed by atoms with Gasteiger partial charge in [-0.2, -0.15) is 4.31 Å². The van der Waals surface area contributed by atoms with Gasteiger partial charge in [-0.25, -0.2) is 8.42 Å². The summed E-state index contributed by atoms with van der Waals surface area (Å²) in [5.41, 5.74) is 0.411. The molecule has 1 aliphatic heterocycles. The van der Waals surface area contributed by atoms with Crippen LogP contribution in [0.5, 0.6) is 0 Å². The van der Waals surface area contributed by atoms with Crippen LogP contribution in [-0.4, -0.2) is 50.0 Å². The number of hydrogen-bond donors (Lipinski definition) is 2. The van der Waals surface area contributed by atoms with Crippen molar-refractivity contribution in [2.75, 3.05) is 26.2 Å². The molecule has 1 aliphatic rings. The van der Waals surface area contributed by atoms with Crippen LogP contribution in [0.4, 0.5) is 0 Å². The van der Waals surface area contributed by atoms with Gasteiger partial charge in [0.1, 0.15) is 0 Å². The summed E-state index contributed by atoms with van der Waals surface area (Å²) in [6.45, 7) is 3.64. The van der Waals surface area contributed by atoms with Crippen LogP contribution in [0.25, 0.3) is 0 Å². The van der Waals surface area contributed by atoms with Gasteiger partial charge in [-0.3, -0.25) is 4.79 Å². The molecule has 0 aromatic heterocycles. The largest absolute Gasteiger partial charge is 0.396 e. The zero-order valence-corrected chi connectivity index (χ0v) is 14.2. The summed E-state index contributed by atoms with van der Waals surface area (Å²) >= 11 is 0. The second-order valence-corrected chi connectivity index (χ2v) is 7.88. The Hall–Kier alpha value is -1.44. The van der Waals surface area contributed by atoms with E-state index >= 15 is 0 Å². The lowest BCUT2D eigenvalue weighted by molar-refractivity contribution is 0.0951. The van der Waals surface area contributed by atoms with Crippen molar-refractivity contribution >= 4 is 15.9 Å². The standard InChI is InChI=1S/C16H24N2O4S/c1-13-7-10-18(11-8-13)23(21,22)15-5-3-14(4-6-15)16(20)17-9-2-12-19/h3-6,13,19H,2,7-12H2,1H3,(H,17,20). The van der Waals surface area contributed by atoms with Gasteiger partial charge in [0.05, 0.1) is 4.90 Å². The van der Waals surface area contributed by atoms with Crippen LogP contribution in [-0.2, 0) is 10.0 Å². The van der Waals surface area contributed by atoms with Crippen molar-refractivity contribution in [3.05, 3.63) is 29.8 Å². The summed E-state index contributed by atoms with van der Waals surface area (Å²) in [5, 5.41) is 11.4. The first-order chi connectivity index (χ1) is 10.9. The second kappa shape index (κ2) is 7.90. The number of benzene rings is 1. The summed E-state index contributed by atoms with van der Waals surface area (Å²) in [4.78, 5) is 12.1. The molecule has 128 valence electrons. The lowest BCUT2D eigenvalue weighted by Crippen LogP contribution is -2.37. The van der Waals surface area contributed by atoms with Crippen LogP contribution in [0, 0.1) is 5.92 Å². The molecule has 2 N–H and O–H groups in total. The fourth-order valence-electron chi connectivity index (χ4n) is 2.54. The zero-order valence-electron chi connectivity index (χ0n) is 13.4. The molecule has 1 aromatic carbocycles. The highest BCUT2D eigenvalue weighted by Gasteiger charge is 2.28. The van der Waals surface area contributed by atoms with E-state index in [1.54, 1.807) is 0 Å². The zero-order chi connectivity index (χ0) is 16.9. The van der Waals surface area contributed by atoms with Crippen molar-refractivity contribution in [2.45, 2.75) is 31.1 Å². The summed E-state index contributed by atoms with van der Waals surface area (Å²) in [7, 11) is -3.48. The highest BCUT2D eigenvalue weighted by molar-refractivity contribution is 7.89. The van der Waals surface area contributed by atoms with E-state index < -0.39 is 10.0 Å². The Bertz CT molecular complexity index is 620. The number of carbonyl (C=O) groups excluding carboxylic acids is 1. The third kappa shape index (κ3) is 4.53. The maximum atomic E-state index is 12.6. The molecule has 1 aromatic rings. The van der Waals surface area contributed by atoms with E-state index in [1.165, 1.54) is 28.6 Å². The molecule has 0 radical (unpaired) electrons. The van der Waals surface area contributed by atoms with Gasteiger partial charge in [-0.05, 0) is 49.4 Å². The SMILES string of the molecule is CC1CCN(S(=O)(=O)c2ccc(C(=O)NCCCO)cc2)CC1. The smallest absolute Gasteiger partial charge is 0.251 e. The van der Waals surface area contributed by atoms with Gasteiger partial charge >= 0.3 is 0 Å². The molecule has 0 atom stereocenters. The Balaban J connectivity index is 2.05. The summed E-state index contributed by atoms with van der Waals surface area (Å²) in [5.74, 6) is 0.292. The molecule has 7 heteroatoms. The molecular formula is C16H24N2O4S. The summed E-state index contributed by atoms with van der Waals surface area (Å²) in [6, 6.07) is 6.00. The molecule has 23 heavy (non-hydrogen) atoms. The molecule has 0 aliphatic carbocycles. The fraction of sp³-hybridized carbons (Fsp3) is 0.562. The van der Waals surface area contributed by atoms with Crippen molar-refractivity contribution < 1.29 is 18.3 Å². The molecule has 1 saturated heterocycles. The molecule has 1 amide bonds. The predicted molar refractivity (Wildman–Crippen MR) is 87.6 cm³/mol. The number of piperidine rings is 1. The van der Waals surface area contributed by atoms with E-state index in [9.17, 15) is 13.2 Å². The number of nitrogens with one attached hydrogen (secondary N) is 1. The summed E-state index contributed by atoms with van der Waals surface area (Å²) < 4.78 is 26.7. The minimum Gasteiger partial charge on any atom is -0.396 e. The first kappa shape index (κ1) is 17.9. The van der Waals surface area contributed by atoms with Crippen LogP contribution >= 0.6 is 0 Å². The Kier molecular flexibility index (Phi) is 6.15. The Morgan fingerprint density at radius 3 is 2.43 bits per heavy atom. The van der Waals surface area contributed by atoms with Gasteiger partial charge < -0.3 is 10.4 Å². The first-order valence-electron chi connectivity index (χ1n) is 7.94. The third-order valence-electron chi connectivity index (χ3n) is 4.12. The maximum absolute atomic E-state index is 12.6. The number of hydrogen-bond acceptors (Lipinski definition) is 4. The van der Waals surface area contributed by atoms with Crippen LogP contribution in [0.2, 0.25) is 0 Å². The first-order valence-corrected chi connectivity index (χ1v) is 9.38. The molecule has 0 unspecified atom stereocenters. The number of carbonyl (C=O) groups is 1. The Labute approximate surface area is 137 Å². The van der Waals surface area contributed by atoms with E-state index in [1.807, 2.05) is 0 Å². The van der Waals surface area contributed by atoms with Gasteiger partial charge in [-0.1, -0.05) is 6.92 Å². The lowest BCUT2D eigenvalue weighted by atomic mass is 10.0. The van der Waals surface area contributed by atoms with Crippen LogP contribution in [0.3, 0.4) is 0 Å².